The minimum absolute atomic E-state index is 0.0189. The van der Waals surface area contributed by atoms with E-state index in [1.54, 1.807) is 17.2 Å². The molecule has 1 fully saturated rings. The van der Waals surface area contributed by atoms with E-state index in [4.69, 9.17) is 22.1 Å². The van der Waals surface area contributed by atoms with Gasteiger partial charge in [0.2, 0.25) is 11.7 Å². The molecule has 12 heteroatoms. The molecule has 3 N–H and O–H groups in total. The van der Waals surface area contributed by atoms with Crippen LogP contribution in [0, 0.1) is 5.82 Å². The Morgan fingerprint density at radius 2 is 2.09 bits per heavy atom. The van der Waals surface area contributed by atoms with E-state index in [0.717, 1.165) is 10.4 Å². The van der Waals surface area contributed by atoms with Gasteiger partial charge >= 0.3 is 0 Å². The Morgan fingerprint density at radius 1 is 1.37 bits per heavy atom. The number of hydrogen-bond donors (Lipinski definition) is 2. The van der Waals surface area contributed by atoms with Crippen LogP contribution >= 0.6 is 22.9 Å². The average molecular weight is 524 g/mol. The second kappa shape index (κ2) is 12.3. The molecule has 0 bridgehead atoms. The predicted molar refractivity (Wildman–Crippen MR) is 131 cm³/mol. The highest BCUT2D eigenvalue weighted by Gasteiger charge is 2.26. The summed E-state index contributed by atoms with van der Waals surface area (Å²) in [5, 5.41) is 2.74. The van der Waals surface area contributed by atoms with E-state index in [-0.39, 0.29) is 36.2 Å². The number of halogens is 2. The van der Waals surface area contributed by atoms with Gasteiger partial charge in [-0.3, -0.25) is 19.4 Å². The first kappa shape index (κ1) is 26.9. The summed E-state index contributed by atoms with van der Waals surface area (Å²) in [6.45, 7) is 4.77. The number of carbonyl (C=O) groups excluding carboxylic acids is 3. The van der Waals surface area contributed by atoms with Gasteiger partial charge < -0.3 is 20.7 Å². The first-order chi connectivity index (χ1) is 16.6. The number of thiazole rings is 1. The molecule has 0 spiro atoms. The highest BCUT2D eigenvalue weighted by Crippen LogP contribution is 2.24. The molecule has 1 aromatic carbocycles. The number of Topliss-reactive ketones (excluding diaryl/α,β-unsaturated/α-hetero) is 1. The van der Waals surface area contributed by atoms with Crippen molar-refractivity contribution in [1.29, 1.82) is 0 Å². The third-order valence-electron chi connectivity index (χ3n) is 5.19. The molecule has 2 amide bonds. The molecule has 1 aliphatic rings. The fourth-order valence-corrected chi connectivity index (χ4v) is 4.72. The van der Waals surface area contributed by atoms with Crippen LogP contribution in [0.15, 0.2) is 29.4 Å². The lowest BCUT2D eigenvalue weighted by Gasteiger charge is -2.35. The van der Waals surface area contributed by atoms with Crippen LogP contribution in [0.4, 0.5) is 4.39 Å². The van der Waals surface area contributed by atoms with Crippen molar-refractivity contribution < 1.29 is 23.5 Å². The van der Waals surface area contributed by atoms with Gasteiger partial charge in [0, 0.05) is 36.8 Å². The van der Waals surface area contributed by atoms with Crippen LogP contribution in [0.5, 0.6) is 0 Å². The maximum atomic E-state index is 13.3. The number of aliphatic imine (C=N–C) groups is 1. The number of nitrogens with zero attached hydrogens (tertiary/aromatic N) is 3. The first-order valence-corrected chi connectivity index (χ1v) is 12.2. The van der Waals surface area contributed by atoms with Crippen molar-refractivity contribution in [2.24, 2.45) is 10.7 Å². The van der Waals surface area contributed by atoms with Crippen molar-refractivity contribution in [3.63, 3.8) is 0 Å². The van der Waals surface area contributed by atoms with Crippen LogP contribution in [-0.2, 0) is 25.5 Å². The fourth-order valence-electron chi connectivity index (χ4n) is 3.57. The number of nitrogens with one attached hydrogen (secondary N) is 1. The summed E-state index contributed by atoms with van der Waals surface area (Å²) in [7, 11) is 0. The highest BCUT2D eigenvalue weighted by atomic mass is 35.5. The molecule has 9 nitrogen and oxygen atoms in total. The lowest BCUT2D eigenvalue weighted by atomic mass is 10.1. The molecule has 3 atom stereocenters. The maximum Gasteiger partial charge on any atom is 0.289 e. The van der Waals surface area contributed by atoms with Crippen molar-refractivity contribution in [2.75, 3.05) is 26.2 Å². The number of rotatable bonds is 9. The quantitative estimate of drug-likeness (QED) is 0.382. The van der Waals surface area contributed by atoms with Crippen LogP contribution in [0.1, 0.15) is 35.3 Å². The third kappa shape index (κ3) is 7.63. The van der Waals surface area contributed by atoms with Crippen molar-refractivity contribution in [1.82, 2.24) is 15.2 Å². The van der Waals surface area contributed by atoms with Gasteiger partial charge in [-0.2, -0.15) is 0 Å². The summed E-state index contributed by atoms with van der Waals surface area (Å²) < 4.78 is 18.9. The number of amides is 2. The molecule has 1 aliphatic heterocycles. The van der Waals surface area contributed by atoms with Gasteiger partial charge in [-0.15, -0.1) is 11.3 Å². The number of carbonyl (C=O) groups is 3. The largest absolute Gasteiger partial charge is 0.372 e. The van der Waals surface area contributed by atoms with Crippen molar-refractivity contribution >= 4 is 46.7 Å². The number of morpholine rings is 1. The molecule has 0 saturated carbocycles. The van der Waals surface area contributed by atoms with E-state index in [9.17, 15) is 18.8 Å². The molecular formula is C23H27ClFN5O4S. The second-order valence-electron chi connectivity index (χ2n) is 8.22. The van der Waals surface area contributed by atoms with Crippen molar-refractivity contribution in [2.45, 2.75) is 38.5 Å². The summed E-state index contributed by atoms with van der Waals surface area (Å²) in [5.74, 6) is -2.34. The highest BCUT2D eigenvalue weighted by molar-refractivity contribution is 7.11. The number of hydrogen-bond acceptors (Lipinski definition) is 8. The zero-order valence-corrected chi connectivity index (χ0v) is 20.9. The summed E-state index contributed by atoms with van der Waals surface area (Å²) >= 11 is 7.00. The number of benzene rings is 1. The first-order valence-electron chi connectivity index (χ1n) is 11.0. The van der Waals surface area contributed by atoms with E-state index in [1.807, 2.05) is 13.8 Å². The minimum Gasteiger partial charge on any atom is -0.372 e. The molecule has 0 aliphatic carbocycles. The molecular weight excluding hydrogens is 497 g/mol. The zero-order chi connectivity index (χ0) is 25.5. The molecule has 2 aromatic rings. The number of nitrogens with two attached hydrogens (primary N) is 1. The summed E-state index contributed by atoms with van der Waals surface area (Å²) in [6, 6.07) is 3.19. The molecule has 188 valence electrons. The average Bonchev–Trinajstić information content (AvgIpc) is 3.27. The number of ketones is 1. The van der Waals surface area contributed by atoms with Gasteiger partial charge in [-0.1, -0.05) is 17.7 Å². The van der Waals surface area contributed by atoms with Crippen LogP contribution < -0.4 is 11.1 Å². The summed E-state index contributed by atoms with van der Waals surface area (Å²) in [5.41, 5.74) is 6.72. The predicted octanol–water partition coefficient (Wildman–Crippen LogP) is 1.92. The molecule has 2 heterocycles. The van der Waals surface area contributed by atoms with E-state index in [1.165, 1.54) is 29.7 Å². The monoisotopic (exact) mass is 523 g/mol. The topological polar surface area (TPSA) is 127 Å². The normalized spacial score (nSPS) is 19.1. The Morgan fingerprint density at radius 3 is 2.77 bits per heavy atom. The minimum atomic E-state index is -1.21. The summed E-state index contributed by atoms with van der Waals surface area (Å²) in [4.78, 5) is 47.5. The SMILES string of the molecule is CC1CN(C(=O)CN=CCNC(=O)C(=O)C(N)c2ncc(Cc3ccc(F)c(Cl)c3)s2)CC(C)O1. The van der Waals surface area contributed by atoms with Gasteiger partial charge in [-0.05, 0) is 31.5 Å². The fraction of sp³-hybridized carbons (Fsp3) is 0.435. The molecule has 1 aromatic heterocycles. The molecule has 3 rings (SSSR count). The van der Waals surface area contributed by atoms with Gasteiger partial charge in [0.15, 0.2) is 0 Å². The maximum absolute atomic E-state index is 13.3. The lowest BCUT2D eigenvalue weighted by Crippen LogP contribution is -2.49. The lowest BCUT2D eigenvalue weighted by molar-refractivity contribution is -0.141. The van der Waals surface area contributed by atoms with Gasteiger partial charge in [0.25, 0.3) is 5.91 Å². The van der Waals surface area contributed by atoms with E-state index in [2.05, 4.69) is 15.3 Å². The smallest absolute Gasteiger partial charge is 0.289 e. The van der Waals surface area contributed by atoms with Gasteiger partial charge in [-0.25, -0.2) is 9.37 Å². The van der Waals surface area contributed by atoms with Crippen LogP contribution in [-0.4, -0.2) is 72.1 Å². The van der Waals surface area contributed by atoms with Crippen LogP contribution in [0.25, 0.3) is 0 Å². The standard InChI is InChI=1S/C23H27ClFN5O4S/c1-13-11-30(12-14(2)34-13)19(31)10-27-5-6-28-22(33)21(32)20(26)23-29-9-16(35-23)7-15-3-4-18(25)17(24)8-15/h3-5,8-9,13-14,20H,6-7,10-12,26H2,1-2H3,(H,28,33). The number of ether oxygens (including phenoxy) is 1. The number of aromatic nitrogens is 1. The second-order valence-corrected chi connectivity index (χ2v) is 9.78. The Labute approximate surface area is 211 Å². The Bertz CT molecular complexity index is 1100. The zero-order valence-electron chi connectivity index (χ0n) is 19.4. The molecule has 1 saturated heterocycles. The Hall–Kier alpha value is -2.73. The third-order valence-corrected chi connectivity index (χ3v) is 6.56. The molecule has 3 unspecified atom stereocenters. The summed E-state index contributed by atoms with van der Waals surface area (Å²) in [6.07, 6.45) is 3.30. The van der Waals surface area contributed by atoms with E-state index in [0.29, 0.717) is 24.5 Å². The Kier molecular flexibility index (Phi) is 9.44. The van der Waals surface area contributed by atoms with Gasteiger partial charge in [0.05, 0.1) is 23.8 Å². The van der Waals surface area contributed by atoms with Crippen molar-refractivity contribution in [3.8, 4) is 0 Å². The van der Waals surface area contributed by atoms with E-state index >= 15 is 0 Å². The van der Waals surface area contributed by atoms with Crippen LogP contribution in [0.3, 0.4) is 0 Å². The van der Waals surface area contributed by atoms with Crippen molar-refractivity contribution in [3.05, 3.63) is 50.7 Å². The van der Waals surface area contributed by atoms with Crippen LogP contribution in [0.2, 0.25) is 5.02 Å². The molecule has 35 heavy (non-hydrogen) atoms. The van der Waals surface area contributed by atoms with E-state index < -0.39 is 23.5 Å². The van der Waals surface area contributed by atoms with Gasteiger partial charge in [0.1, 0.15) is 23.4 Å². The Balaban J connectivity index is 1.44. The molecule has 0 radical (unpaired) electrons.